The fourth-order valence-electron chi connectivity index (χ4n) is 4.83. The van der Waals surface area contributed by atoms with Crippen molar-refractivity contribution in [3.63, 3.8) is 0 Å². The molecule has 0 saturated carbocycles. The Morgan fingerprint density at radius 2 is 2.09 bits per heavy atom. The molecule has 34 heavy (non-hydrogen) atoms. The van der Waals surface area contributed by atoms with Crippen LogP contribution in [-0.2, 0) is 11.2 Å². The minimum atomic E-state index is -0.678. The molecule has 4 rings (SSSR count). The summed E-state index contributed by atoms with van der Waals surface area (Å²) in [5, 5.41) is 11.6. The number of carboxylic acid groups (broad SMARTS) is 1. The van der Waals surface area contributed by atoms with Gasteiger partial charge in [0.1, 0.15) is 5.75 Å². The molecule has 2 aromatic carbocycles. The molecule has 3 aromatic rings. The summed E-state index contributed by atoms with van der Waals surface area (Å²) in [6.07, 6.45) is 5.20. The van der Waals surface area contributed by atoms with Crippen molar-refractivity contribution in [2.75, 3.05) is 32.5 Å². The first-order valence-corrected chi connectivity index (χ1v) is 13.2. The topological polar surface area (TPSA) is 62.7 Å². The van der Waals surface area contributed by atoms with Crippen LogP contribution in [0, 0.1) is 11.8 Å². The number of aliphatic carboxylic acids is 1. The Morgan fingerprint density at radius 3 is 2.85 bits per heavy atom. The van der Waals surface area contributed by atoms with Gasteiger partial charge in [0, 0.05) is 35.3 Å². The van der Waals surface area contributed by atoms with Crippen molar-refractivity contribution in [1.29, 1.82) is 0 Å². The van der Waals surface area contributed by atoms with E-state index in [9.17, 15) is 9.90 Å². The van der Waals surface area contributed by atoms with Gasteiger partial charge in [0.05, 0.1) is 23.6 Å². The van der Waals surface area contributed by atoms with Crippen molar-refractivity contribution >= 4 is 40.2 Å². The fraction of sp³-hybridized carbons (Fsp3) is 0.407. The Hall–Kier alpha value is -2.28. The minimum absolute atomic E-state index is 0.192. The second-order valence-electron chi connectivity index (χ2n) is 8.82. The van der Waals surface area contributed by atoms with Gasteiger partial charge in [-0.25, -0.2) is 0 Å². The number of methoxy groups -OCH3 is 1. The van der Waals surface area contributed by atoms with Crippen LogP contribution in [0.4, 0.5) is 0 Å². The van der Waals surface area contributed by atoms with E-state index in [2.05, 4.69) is 22.0 Å². The number of benzene rings is 2. The number of ether oxygens (including phenoxy) is 1. The summed E-state index contributed by atoms with van der Waals surface area (Å²) in [6.45, 7) is 2.50. The number of carboxylic acids is 1. The third-order valence-electron chi connectivity index (χ3n) is 6.71. The smallest absolute Gasteiger partial charge is 0.308 e. The highest BCUT2D eigenvalue weighted by Crippen LogP contribution is 2.32. The lowest BCUT2D eigenvalue weighted by Gasteiger charge is -2.36. The lowest BCUT2D eigenvalue weighted by molar-refractivity contribution is -0.146. The molecule has 1 aliphatic heterocycles. The highest BCUT2D eigenvalue weighted by Gasteiger charge is 2.33. The summed E-state index contributed by atoms with van der Waals surface area (Å²) in [5.41, 5.74) is 1.96. The number of hydrogen-bond donors (Lipinski definition) is 1. The molecule has 0 radical (unpaired) electrons. The molecule has 1 fully saturated rings. The van der Waals surface area contributed by atoms with E-state index in [0.29, 0.717) is 11.6 Å². The molecule has 180 valence electrons. The third-order valence-corrected chi connectivity index (χ3v) is 8.03. The van der Waals surface area contributed by atoms with E-state index in [1.165, 1.54) is 4.90 Å². The average molecular weight is 499 g/mol. The van der Waals surface area contributed by atoms with Gasteiger partial charge in [-0.2, -0.15) is 0 Å². The van der Waals surface area contributed by atoms with E-state index in [-0.39, 0.29) is 11.8 Å². The summed E-state index contributed by atoms with van der Waals surface area (Å²) in [4.78, 5) is 20.1. The number of aryl methyl sites for hydroxylation is 1. The van der Waals surface area contributed by atoms with Gasteiger partial charge in [-0.15, -0.1) is 11.8 Å². The zero-order valence-corrected chi connectivity index (χ0v) is 21.0. The van der Waals surface area contributed by atoms with Crippen molar-refractivity contribution in [1.82, 2.24) is 9.88 Å². The summed E-state index contributed by atoms with van der Waals surface area (Å²) in [6, 6.07) is 16.2. The monoisotopic (exact) mass is 498 g/mol. The normalized spacial score (nSPS) is 18.8. The molecular formula is C27H31ClN2O3S. The standard InChI is InChI=1S/C27H31ClN2O3S/c1-33-20-10-11-26-23(16-20)22(25(28)17-29-26)9-5-6-19-12-13-30(18-24(19)27(31)32)14-15-34-21-7-3-2-4-8-21/h2-4,7-8,10-11,16-17,19,24H,5-6,9,12-15,18H2,1H3,(H,31,32). The Balaban J connectivity index is 1.32. The maximum absolute atomic E-state index is 12.1. The Bertz CT molecular complexity index is 1110. The number of piperidine rings is 1. The number of rotatable bonds is 10. The van der Waals surface area contributed by atoms with E-state index in [1.807, 2.05) is 48.2 Å². The van der Waals surface area contributed by atoms with E-state index >= 15 is 0 Å². The maximum atomic E-state index is 12.1. The van der Waals surface area contributed by atoms with Crippen LogP contribution in [0.25, 0.3) is 10.9 Å². The molecule has 1 saturated heterocycles. The third kappa shape index (κ3) is 6.23. The highest BCUT2D eigenvalue weighted by molar-refractivity contribution is 7.99. The number of thioether (sulfide) groups is 1. The molecule has 2 atom stereocenters. The average Bonchev–Trinajstić information content (AvgIpc) is 2.86. The molecule has 2 unspecified atom stereocenters. The van der Waals surface area contributed by atoms with Gasteiger partial charge in [0.25, 0.3) is 0 Å². The lowest BCUT2D eigenvalue weighted by Crippen LogP contribution is -2.44. The number of carbonyl (C=O) groups is 1. The van der Waals surface area contributed by atoms with Crippen LogP contribution in [0.3, 0.4) is 0 Å². The quantitative estimate of drug-likeness (QED) is 0.344. The van der Waals surface area contributed by atoms with Crippen molar-refractivity contribution < 1.29 is 14.6 Å². The first-order chi connectivity index (χ1) is 16.5. The van der Waals surface area contributed by atoms with Crippen LogP contribution in [0.1, 0.15) is 24.8 Å². The van der Waals surface area contributed by atoms with Crippen LogP contribution in [0.2, 0.25) is 5.02 Å². The van der Waals surface area contributed by atoms with Crippen molar-refractivity contribution in [3.8, 4) is 5.75 Å². The Kier molecular flexibility index (Phi) is 8.70. The SMILES string of the molecule is COc1ccc2ncc(Cl)c(CCCC3CCN(CCSc4ccccc4)CC3C(=O)O)c2c1. The number of halogens is 1. The number of likely N-dealkylation sites (tertiary alicyclic amines) is 1. The molecule has 0 bridgehead atoms. The number of pyridine rings is 1. The molecule has 5 nitrogen and oxygen atoms in total. The first kappa shape index (κ1) is 24.8. The van der Waals surface area contributed by atoms with Gasteiger partial charge < -0.3 is 14.7 Å². The summed E-state index contributed by atoms with van der Waals surface area (Å²) >= 11 is 8.33. The highest BCUT2D eigenvalue weighted by atomic mass is 35.5. The van der Waals surface area contributed by atoms with Gasteiger partial charge in [0.2, 0.25) is 0 Å². The van der Waals surface area contributed by atoms with Gasteiger partial charge in [-0.1, -0.05) is 29.8 Å². The molecular weight excluding hydrogens is 468 g/mol. The summed E-state index contributed by atoms with van der Waals surface area (Å²) < 4.78 is 5.38. The van der Waals surface area contributed by atoms with Crippen molar-refractivity contribution in [2.45, 2.75) is 30.6 Å². The Morgan fingerprint density at radius 1 is 1.26 bits per heavy atom. The first-order valence-electron chi connectivity index (χ1n) is 11.8. The molecule has 2 heterocycles. The van der Waals surface area contributed by atoms with Crippen LogP contribution in [0.5, 0.6) is 5.75 Å². The van der Waals surface area contributed by atoms with E-state index in [0.717, 1.165) is 66.7 Å². The van der Waals surface area contributed by atoms with Gasteiger partial charge in [-0.3, -0.25) is 9.78 Å². The van der Waals surface area contributed by atoms with Gasteiger partial charge in [0.15, 0.2) is 0 Å². The predicted molar refractivity (Wildman–Crippen MR) is 139 cm³/mol. The molecule has 1 N–H and O–H groups in total. The maximum Gasteiger partial charge on any atom is 0.308 e. The number of aromatic nitrogens is 1. The van der Waals surface area contributed by atoms with E-state index < -0.39 is 5.97 Å². The lowest BCUT2D eigenvalue weighted by atomic mass is 9.81. The molecule has 1 aromatic heterocycles. The molecule has 1 aliphatic rings. The molecule has 0 amide bonds. The molecule has 7 heteroatoms. The zero-order valence-electron chi connectivity index (χ0n) is 19.5. The van der Waals surface area contributed by atoms with E-state index in [4.69, 9.17) is 16.3 Å². The predicted octanol–water partition coefficient (Wildman–Crippen LogP) is 6.03. The van der Waals surface area contributed by atoms with E-state index in [1.54, 1.807) is 13.3 Å². The fourth-order valence-corrected chi connectivity index (χ4v) is 6.01. The van der Waals surface area contributed by atoms with Crippen LogP contribution in [-0.4, -0.2) is 53.5 Å². The largest absolute Gasteiger partial charge is 0.497 e. The number of fused-ring (bicyclic) bond motifs is 1. The van der Waals surface area contributed by atoms with Crippen molar-refractivity contribution in [3.05, 3.63) is 65.3 Å². The zero-order chi connectivity index (χ0) is 23.9. The summed E-state index contributed by atoms with van der Waals surface area (Å²) in [7, 11) is 1.65. The van der Waals surface area contributed by atoms with Crippen molar-refractivity contribution in [2.24, 2.45) is 11.8 Å². The summed E-state index contributed by atoms with van der Waals surface area (Å²) in [5.74, 6) is 0.944. The minimum Gasteiger partial charge on any atom is -0.497 e. The number of nitrogens with zero attached hydrogens (tertiary/aromatic N) is 2. The van der Waals surface area contributed by atoms with Gasteiger partial charge in [-0.05, 0) is 74.0 Å². The Labute approximate surface area is 210 Å². The second kappa shape index (κ2) is 11.9. The van der Waals surface area contributed by atoms with Crippen LogP contribution < -0.4 is 4.74 Å². The van der Waals surface area contributed by atoms with Gasteiger partial charge >= 0.3 is 5.97 Å². The second-order valence-corrected chi connectivity index (χ2v) is 10.4. The number of hydrogen-bond acceptors (Lipinski definition) is 5. The molecule has 0 aliphatic carbocycles. The van der Waals surface area contributed by atoms with Crippen LogP contribution in [0.15, 0.2) is 59.6 Å². The van der Waals surface area contributed by atoms with Crippen LogP contribution >= 0.6 is 23.4 Å². The molecule has 0 spiro atoms.